The predicted octanol–water partition coefficient (Wildman–Crippen LogP) is 3.13. The summed E-state index contributed by atoms with van der Waals surface area (Å²) in [6.45, 7) is 12.0. The molecule has 2 rings (SSSR count). The van der Waals surface area contributed by atoms with Crippen molar-refractivity contribution in [3.05, 3.63) is 0 Å². The summed E-state index contributed by atoms with van der Waals surface area (Å²) in [6, 6.07) is -0.0411. The van der Waals surface area contributed by atoms with E-state index in [0.717, 1.165) is 25.7 Å². The monoisotopic (exact) mass is 426 g/mol. The summed E-state index contributed by atoms with van der Waals surface area (Å²) in [7, 11) is 0. The van der Waals surface area contributed by atoms with E-state index in [-0.39, 0.29) is 24.2 Å². The molecule has 9 heteroatoms. The highest BCUT2D eigenvalue weighted by molar-refractivity contribution is 5.75. The van der Waals surface area contributed by atoms with E-state index in [4.69, 9.17) is 9.47 Å². The third-order valence-corrected chi connectivity index (χ3v) is 4.97. The molecule has 0 radical (unpaired) electrons. The Bertz CT molecular complexity index is 618. The molecule has 1 heterocycles. The highest BCUT2D eigenvalue weighted by Gasteiger charge is 2.31. The van der Waals surface area contributed by atoms with Crippen molar-refractivity contribution in [2.24, 2.45) is 0 Å². The molecule has 2 fully saturated rings. The summed E-state index contributed by atoms with van der Waals surface area (Å²) in [5.74, 6) is 0. The van der Waals surface area contributed by atoms with Crippen LogP contribution in [-0.2, 0) is 9.47 Å². The molecule has 3 N–H and O–H groups in total. The summed E-state index contributed by atoms with van der Waals surface area (Å²) < 4.78 is 10.6. The van der Waals surface area contributed by atoms with Crippen LogP contribution in [0.1, 0.15) is 73.6 Å². The molecule has 1 unspecified atom stereocenters. The predicted molar refractivity (Wildman–Crippen MR) is 113 cm³/mol. The molecule has 0 bridgehead atoms. The highest BCUT2D eigenvalue weighted by Crippen LogP contribution is 2.20. The molecule has 0 spiro atoms. The SMILES string of the molecule is CC(C)(C)OC(=O)NC1CCC(NC(=O)N2CCC(NC(=O)OC(C)(C)C)C2)CC1. The molecule has 0 aromatic rings. The second kappa shape index (κ2) is 9.75. The molecule has 1 aliphatic heterocycles. The Morgan fingerprint density at radius 3 is 1.60 bits per heavy atom. The standard InChI is InChI=1S/C21H38N4O5/c1-20(2,3)29-18(27)23-15-9-7-14(8-10-15)22-17(26)25-12-11-16(13-25)24-19(28)30-21(4,5)6/h14-16H,7-13H2,1-6H3,(H,22,26)(H,23,27)(H,24,28). The van der Waals surface area contributed by atoms with Crippen LogP contribution in [0.5, 0.6) is 0 Å². The largest absolute Gasteiger partial charge is 0.444 e. The number of hydrogen-bond acceptors (Lipinski definition) is 5. The van der Waals surface area contributed by atoms with Gasteiger partial charge in [-0.3, -0.25) is 0 Å². The fourth-order valence-corrected chi connectivity index (χ4v) is 3.66. The number of ether oxygens (including phenoxy) is 2. The van der Waals surface area contributed by atoms with Gasteiger partial charge in [-0.15, -0.1) is 0 Å². The van der Waals surface area contributed by atoms with E-state index in [0.29, 0.717) is 19.5 Å². The first-order valence-electron chi connectivity index (χ1n) is 10.9. The molecule has 0 aromatic heterocycles. The van der Waals surface area contributed by atoms with Gasteiger partial charge >= 0.3 is 18.2 Å². The number of rotatable bonds is 3. The quantitative estimate of drug-likeness (QED) is 0.642. The van der Waals surface area contributed by atoms with E-state index in [1.165, 1.54) is 0 Å². The number of nitrogens with one attached hydrogen (secondary N) is 3. The van der Waals surface area contributed by atoms with Gasteiger partial charge in [-0.2, -0.15) is 0 Å². The number of nitrogens with zero attached hydrogens (tertiary/aromatic N) is 1. The van der Waals surface area contributed by atoms with E-state index in [1.807, 2.05) is 41.5 Å². The van der Waals surface area contributed by atoms with Crippen LogP contribution in [0.25, 0.3) is 0 Å². The smallest absolute Gasteiger partial charge is 0.407 e. The van der Waals surface area contributed by atoms with Crippen LogP contribution in [0.3, 0.4) is 0 Å². The number of hydrogen-bond donors (Lipinski definition) is 3. The summed E-state index contributed by atoms with van der Waals surface area (Å²) in [4.78, 5) is 38.1. The Morgan fingerprint density at radius 1 is 0.700 bits per heavy atom. The third-order valence-electron chi connectivity index (χ3n) is 4.97. The highest BCUT2D eigenvalue weighted by atomic mass is 16.6. The van der Waals surface area contributed by atoms with Crippen LogP contribution in [0.4, 0.5) is 14.4 Å². The molecule has 1 saturated carbocycles. The number of urea groups is 1. The minimum atomic E-state index is -0.545. The number of carbonyl (C=O) groups is 3. The first kappa shape index (κ1) is 24.1. The van der Waals surface area contributed by atoms with Crippen LogP contribution in [0.2, 0.25) is 0 Å². The number of likely N-dealkylation sites (tertiary alicyclic amines) is 1. The molecule has 1 saturated heterocycles. The minimum absolute atomic E-state index is 0.0715. The van der Waals surface area contributed by atoms with Crippen LogP contribution in [-0.4, -0.2) is 65.5 Å². The second-order valence-corrected chi connectivity index (χ2v) is 10.2. The van der Waals surface area contributed by atoms with Gasteiger partial charge in [-0.05, 0) is 73.6 Å². The average Bonchev–Trinajstić information content (AvgIpc) is 3.01. The molecular formula is C21H38N4O5. The average molecular weight is 427 g/mol. The van der Waals surface area contributed by atoms with Gasteiger partial charge in [0.05, 0.1) is 6.04 Å². The fraction of sp³-hybridized carbons (Fsp3) is 0.857. The van der Waals surface area contributed by atoms with Crippen LogP contribution < -0.4 is 16.0 Å². The van der Waals surface area contributed by atoms with Crippen molar-refractivity contribution in [2.45, 2.75) is 103 Å². The zero-order chi connectivity index (χ0) is 22.5. The molecular weight excluding hydrogens is 388 g/mol. The molecule has 9 nitrogen and oxygen atoms in total. The summed E-state index contributed by atoms with van der Waals surface area (Å²) in [5.41, 5.74) is -1.06. The topological polar surface area (TPSA) is 109 Å². The Labute approximate surface area is 179 Å². The first-order valence-corrected chi connectivity index (χ1v) is 10.9. The van der Waals surface area contributed by atoms with E-state index >= 15 is 0 Å². The number of amides is 4. The summed E-state index contributed by atoms with van der Waals surface area (Å²) >= 11 is 0. The van der Waals surface area contributed by atoms with Gasteiger partial charge in [0.2, 0.25) is 0 Å². The summed E-state index contributed by atoms with van der Waals surface area (Å²) in [5, 5.41) is 8.82. The Balaban J connectivity index is 1.68. The van der Waals surface area contributed by atoms with Crippen molar-refractivity contribution in [3.63, 3.8) is 0 Å². The van der Waals surface area contributed by atoms with Crippen LogP contribution in [0, 0.1) is 0 Å². The van der Waals surface area contributed by atoms with E-state index in [9.17, 15) is 14.4 Å². The molecule has 4 amide bonds. The molecule has 172 valence electrons. The zero-order valence-electron chi connectivity index (χ0n) is 19.2. The molecule has 1 aliphatic carbocycles. The fourth-order valence-electron chi connectivity index (χ4n) is 3.66. The lowest BCUT2D eigenvalue weighted by Crippen LogP contribution is -2.49. The zero-order valence-corrected chi connectivity index (χ0v) is 19.2. The van der Waals surface area contributed by atoms with E-state index in [2.05, 4.69) is 16.0 Å². The van der Waals surface area contributed by atoms with Gasteiger partial charge in [0, 0.05) is 25.2 Å². The van der Waals surface area contributed by atoms with Gasteiger partial charge in [0.1, 0.15) is 11.2 Å². The van der Waals surface area contributed by atoms with Gasteiger partial charge in [-0.25, -0.2) is 14.4 Å². The van der Waals surface area contributed by atoms with Crippen molar-refractivity contribution in [1.82, 2.24) is 20.9 Å². The van der Waals surface area contributed by atoms with Gasteiger partial charge < -0.3 is 30.3 Å². The van der Waals surface area contributed by atoms with Crippen molar-refractivity contribution in [3.8, 4) is 0 Å². The number of alkyl carbamates (subject to hydrolysis) is 2. The van der Waals surface area contributed by atoms with Crippen molar-refractivity contribution >= 4 is 18.2 Å². The van der Waals surface area contributed by atoms with Gasteiger partial charge in [0.15, 0.2) is 0 Å². The lowest BCUT2D eigenvalue weighted by Gasteiger charge is -2.31. The van der Waals surface area contributed by atoms with Crippen molar-refractivity contribution < 1.29 is 23.9 Å². The molecule has 2 aliphatic rings. The van der Waals surface area contributed by atoms with Gasteiger partial charge in [0.25, 0.3) is 0 Å². The maximum Gasteiger partial charge on any atom is 0.407 e. The number of carbonyl (C=O) groups excluding carboxylic acids is 3. The Kier molecular flexibility index (Phi) is 7.82. The lowest BCUT2D eigenvalue weighted by molar-refractivity contribution is 0.0485. The van der Waals surface area contributed by atoms with Gasteiger partial charge in [-0.1, -0.05) is 0 Å². The molecule has 30 heavy (non-hydrogen) atoms. The molecule has 1 atom stereocenters. The van der Waals surface area contributed by atoms with Crippen LogP contribution >= 0.6 is 0 Å². The summed E-state index contributed by atoms with van der Waals surface area (Å²) in [6.07, 6.45) is 3.07. The second-order valence-electron chi connectivity index (χ2n) is 10.2. The normalized spacial score (nSPS) is 24.7. The van der Waals surface area contributed by atoms with E-state index < -0.39 is 23.4 Å². The Morgan fingerprint density at radius 2 is 1.13 bits per heavy atom. The minimum Gasteiger partial charge on any atom is -0.444 e. The maximum absolute atomic E-state index is 12.6. The van der Waals surface area contributed by atoms with Crippen molar-refractivity contribution in [2.75, 3.05) is 13.1 Å². The van der Waals surface area contributed by atoms with E-state index in [1.54, 1.807) is 4.90 Å². The van der Waals surface area contributed by atoms with Crippen LogP contribution in [0.15, 0.2) is 0 Å². The third kappa shape index (κ3) is 8.67. The first-order chi connectivity index (χ1) is 13.8. The molecule has 0 aromatic carbocycles. The lowest BCUT2D eigenvalue weighted by atomic mass is 9.91. The Hall–Kier alpha value is -2.19. The van der Waals surface area contributed by atoms with Crippen molar-refractivity contribution in [1.29, 1.82) is 0 Å². The maximum atomic E-state index is 12.6.